The van der Waals surface area contributed by atoms with E-state index < -0.39 is 0 Å². The van der Waals surface area contributed by atoms with E-state index in [9.17, 15) is 0 Å². The molecule has 3 aromatic heterocycles. The zero-order valence-electron chi connectivity index (χ0n) is 16.3. The van der Waals surface area contributed by atoms with Crippen molar-refractivity contribution in [2.24, 2.45) is 0 Å². The van der Waals surface area contributed by atoms with Crippen molar-refractivity contribution in [3.05, 3.63) is 72.8 Å². The van der Waals surface area contributed by atoms with Crippen LogP contribution in [0.1, 0.15) is 12.6 Å². The van der Waals surface area contributed by atoms with Crippen molar-refractivity contribution in [1.82, 2.24) is 30.2 Å². The van der Waals surface area contributed by atoms with Crippen molar-refractivity contribution >= 4 is 10.8 Å². The average molecular weight is 398 g/mol. The van der Waals surface area contributed by atoms with E-state index in [1.807, 2.05) is 67.8 Å². The first kappa shape index (κ1) is 18.1. The lowest BCUT2D eigenvalue weighted by Crippen LogP contribution is -1.94. The Morgan fingerprint density at radius 3 is 2.70 bits per heavy atom. The molecular weight excluding hydrogens is 380 g/mol. The molecule has 0 saturated carbocycles. The summed E-state index contributed by atoms with van der Waals surface area (Å²) in [6.45, 7) is 3.04. The van der Waals surface area contributed by atoms with Gasteiger partial charge in [0, 0.05) is 35.5 Å². The topological polar surface area (TPSA) is 91.8 Å². The van der Waals surface area contributed by atoms with E-state index in [-0.39, 0.29) is 0 Å². The molecule has 0 aliphatic carbocycles. The number of benzene rings is 2. The summed E-state index contributed by atoms with van der Waals surface area (Å²) in [5, 5.41) is 18.8. The molecule has 0 aliphatic rings. The van der Waals surface area contributed by atoms with Gasteiger partial charge in [0.05, 0.1) is 18.5 Å². The first-order valence-electron chi connectivity index (χ1n) is 9.58. The first-order valence-corrected chi connectivity index (χ1v) is 9.58. The van der Waals surface area contributed by atoms with Gasteiger partial charge in [0.15, 0.2) is 0 Å². The Hall–Kier alpha value is -3.91. The molecule has 0 atom stereocenters. The molecule has 0 amide bonds. The molecule has 148 valence electrons. The Labute approximate surface area is 172 Å². The standard InChI is InChI=1S/C22H18N6O2/c1-2-29-14-17-13-28(27-24-17)18-8-6-15(7-9-18)21-25-26-22(30-21)20-5-3-4-16-12-23-11-10-19(16)20/h3-13H,2,14H2,1H3. The van der Waals surface area contributed by atoms with Crippen molar-refractivity contribution in [3.8, 4) is 28.6 Å². The molecule has 0 unspecified atom stereocenters. The van der Waals surface area contributed by atoms with Crippen LogP contribution in [0.5, 0.6) is 0 Å². The predicted molar refractivity (Wildman–Crippen MR) is 111 cm³/mol. The molecule has 0 aliphatic heterocycles. The number of aromatic nitrogens is 6. The number of ether oxygens (including phenoxy) is 1. The molecule has 0 radical (unpaired) electrons. The summed E-state index contributed by atoms with van der Waals surface area (Å²) in [5.41, 5.74) is 3.38. The van der Waals surface area contributed by atoms with Crippen molar-refractivity contribution in [1.29, 1.82) is 0 Å². The largest absolute Gasteiger partial charge is 0.416 e. The van der Waals surface area contributed by atoms with Crippen LogP contribution in [0.25, 0.3) is 39.4 Å². The second-order valence-corrected chi connectivity index (χ2v) is 6.65. The van der Waals surface area contributed by atoms with Crippen LogP contribution in [0.15, 0.2) is 71.5 Å². The Kier molecular flexibility index (Phi) is 4.74. The van der Waals surface area contributed by atoms with Gasteiger partial charge in [-0.3, -0.25) is 4.98 Å². The van der Waals surface area contributed by atoms with Crippen LogP contribution in [-0.4, -0.2) is 36.8 Å². The van der Waals surface area contributed by atoms with Gasteiger partial charge >= 0.3 is 0 Å². The second-order valence-electron chi connectivity index (χ2n) is 6.65. The molecule has 0 fully saturated rings. The summed E-state index contributed by atoms with van der Waals surface area (Å²) in [6.07, 6.45) is 5.43. The second kappa shape index (κ2) is 7.84. The minimum Gasteiger partial charge on any atom is -0.416 e. The monoisotopic (exact) mass is 398 g/mol. The third-order valence-corrected chi connectivity index (χ3v) is 4.71. The first-order chi connectivity index (χ1) is 14.8. The minimum absolute atomic E-state index is 0.448. The molecule has 0 bridgehead atoms. The van der Waals surface area contributed by atoms with Crippen molar-refractivity contribution in [2.75, 3.05) is 6.61 Å². The van der Waals surface area contributed by atoms with Gasteiger partial charge in [-0.1, -0.05) is 17.3 Å². The Morgan fingerprint density at radius 2 is 1.83 bits per heavy atom. The van der Waals surface area contributed by atoms with Gasteiger partial charge in [-0.25, -0.2) is 4.68 Å². The quantitative estimate of drug-likeness (QED) is 0.426. The SMILES string of the molecule is CCOCc1cn(-c2ccc(-c3nnc(-c4cccc5cnccc45)o3)cc2)nn1. The molecule has 8 nitrogen and oxygen atoms in total. The van der Waals surface area contributed by atoms with Gasteiger partial charge in [0.2, 0.25) is 11.8 Å². The highest BCUT2D eigenvalue weighted by Gasteiger charge is 2.13. The van der Waals surface area contributed by atoms with Gasteiger partial charge in [-0.2, -0.15) is 0 Å². The summed E-state index contributed by atoms with van der Waals surface area (Å²) >= 11 is 0. The molecule has 5 rings (SSSR count). The Bertz CT molecular complexity index is 1290. The van der Waals surface area contributed by atoms with Crippen LogP contribution in [0, 0.1) is 0 Å². The molecule has 3 heterocycles. The molecule has 30 heavy (non-hydrogen) atoms. The van der Waals surface area contributed by atoms with Crippen molar-refractivity contribution < 1.29 is 9.15 Å². The lowest BCUT2D eigenvalue weighted by atomic mass is 10.1. The van der Waals surface area contributed by atoms with Gasteiger partial charge in [0.1, 0.15) is 5.69 Å². The predicted octanol–water partition coefficient (Wildman–Crippen LogP) is 4.07. The smallest absolute Gasteiger partial charge is 0.248 e. The summed E-state index contributed by atoms with van der Waals surface area (Å²) in [6, 6.07) is 15.6. The van der Waals surface area contributed by atoms with Crippen LogP contribution in [0.3, 0.4) is 0 Å². The molecule has 0 saturated heterocycles. The Balaban J connectivity index is 1.41. The van der Waals surface area contributed by atoms with E-state index in [1.54, 1.807) is 10.9 Å². The zero-order chi connectivity index (χ0) is 20.3. The number of pyridine rings is 1. The van der Waals surface area contributed by atoms with E-state index >= 15 is 0 Å². The van der Waals surface area contributed by atoms with Gasteiger partial charge in [0.25, 0.3) is 0 Å². The Morgan fingerprint density at radius 1 is 0.967 bits per heavy atom. The molecule has 0 N–H and O–H groups in total. The van der Waals surface area contributed by atoms with Crippen LogP contribution in [-0.2, 0) is 11.3 Å². The van der Waals surface area contributed by atoms with Crippen LogP contribution in [0.4, 0.5) is 0 Å². The van der Waals surface area contributed by atoms with Gasteiger partial charge in [-0.05, 0) is 48.7 Å². The lowest BCUT2D eigenvalue weighted by Gasteiger charge is -2.02. The third-order valence-electron chi connectivity index (χ3n) is 4.71. The van der Waals surface area contributed by atoms with E-state index in [4.69, 9.17) is 9.15 Å². The number of fused-ring (bicyclic) bond motifs is 1. The number of hydrogen-bond acceptors (Lipinski definition) is 7. The average Bonchev–Trinajstić information content (AvgIpc) is 3.48. The molecule has 8 heteroatoms. The van der Waals surface area contributed by atoms with Gasteiger partial charge in [-0.15, -0.1) is 15.3 Å². The summed E-state index contributed by atoms with van der Waals surface area (Å²) in [7, 11) is 0. The fourth-order valence-electron chi connectivity index (χ4n) is 3.21. The maximum atomic E-state index is 5.96. The number of hydrogen-bond donors (Lipinski definition) is 0. The molecular formula is C22H18N6O2. The van der Waals surface area contributed by atoms with E-state index in [2.05, 4.69) is 25.5 Å². The van der Waals surface area contributed by atoms with Crippen molar-refractivity contribution in [3.63, 3.8) is 0 Å². The molecule has 5 aromatic rings. The number of rotatable bonds is 6. The van der Waals surface area contributed by atoms with Gasteiger partial charge < -0.3 is 9.15 Å². The van der Waals surface area contributed by atoms with Crippen LogP contribution < -0.4 is 0 Å². The highest BCUT2D eigenvalue weighted by Crippen LogP contribution is 2.29. The normalized spacial score (nSPS) is 11.2. The fourth-order valence-corrected chi connectivity index (χ4v) is 3.21. The maximum Gasteiger partial charge on any atom is 0.248 e. The van der Waals surface area contributed by atoms with Crippen molar-refractivity contribution in [2.45, 2.75) is 13.5 Å². The summed E-state index contributed by atoms with van der Waals surface area (Å²) < 4.78 is 13.0. The summed E-state index contributed by atoms with van der Waals surface area (Å²) in [4.78, 5) is 4.16. The lowest BCUT2D eigenvalue weighted by molar-refractivity contribution is 0.131. The van der Waals surface area contributed by atoms with Crippen LogP contribution >= 0.6 is 0 Å². The van der Waals surface area contributed by atoms with Crippen LogP contribution in [0.2, 0.25) is 0 Å². The molecule has 2 aromatic carbocycles. The van der Waals surface area contributed by atoms with E-state index in [0.717, 1.165) is 33.3 Å². The van der Waals surface area contributed by atoms with E-state index in [1.165, 1.54) is 0 Å². The zero-order valence-corrected chi connectivity index (χ0v) is 16.3. The third kappa shape index (κ3) is 3.44. The highest BCUT2D eigenvalue weighted by atomic mass is 16.5. The fraction of sp³-hybridized carbons (Fsp3) is 0.136. The minimum atomic E-state index is 0.448. The highest BCUT2D eigenvalue weighted by molar-refractivity contribution is 5.94. The number of nitrogens with zero attached hydrogens (tertiary/aromatic N) is 6. The summed E-state index contributed by atoms with van der Waals surface area (Å²) in [5.74, 6) is 0.931. The molecule has 0 spiro atoms. The maximum absolute atomic E-state index is 5.96. The van der Waals surface area contributed by atoms with E-state index in [0.29, 0.717) is 25.0 Å².